The van der Waals surface area contributed by atoms with Crippen LogP contribution in [0.4, 0.5) is 0 Å². The van der Waals surface area contributed by atoms with Gasteiger partial charge in [0.15, 0.2) is 0 Å². The number of nitrogens with one attached hydrogen (secondary N) is 1. The fourth-order valence-electron chi connectivity index (χ4n) is 2.09. The van der Waals surface area contributed by atoms with Crippen LogP contribution in [0, 0.1) is 0 Å². The summed E-state index contributed by atoms with van der Waals surface area (Å²) in [5.74, 6) is 0.840. The van der Waals surface area contributed by atoms with E-state index in [1.165, 1.54) is 5.56 Å². The van der Waals surface area contributed by atoms with Gasteiger partial charge in [-0.05, 0) is 31.0 Å². The van der Waals surface area contributed by atoms with Crippen molar-refractivity contribution in [2.75, 3.05) is 20.8 Å². The molecule has 0 aliphatic heterocycles. The summed E-state index contributed by atoms with van der Waals surface area (Å²) in [5, 5.41) is 12.6. The van der Waals surface area contributed by atoms with Gasteiger partial charge in [0.2, 0.25) is 0 Å². The molecule has 1 aromatic rings. The summed E-state index contributed by atoms with van der Waals surface area (Å²) in [5.41, 5.74) is 2.20. The van der Waals surface area contributed by atoms with E-state index in [1.807, 2.05) is 12.1 Å². The minimum absolute atomic E-state index is 0.128. The van der Waals surface area contributed by atoms with Gasteiger partial charge in [-0.2, -0.15) is 0 Å². The summed E-state index contributed by atoms with van der Waals surface area (Å²) < 4.78 is 10.5. The van der Waals surface area contributed by atoms with Crippen molar-refractivity contribution in [1.29, 1.82) is 0 Å². The van der Waals surface area contributed by atoms with Crippen molar-refractivity contribution in [3.05, 3.63) is 29.3 Å². The normalized spacial score (nSPS) is 14.2. The zero-order valence-corrected chi connectivity index (χ0v) is 12.3. The van der Waals surface area contributed by atoms with Crippen LogP contribution in [0.2, 0.25) is 0 Å². The van der Waals surface area contributed by atoms with E-state index in [2.05, 4.69) is 25.2 Å². The minimum Gasteiger partial charge on any atom is -0.496 e. The topological polar surface area (TPSA) is 50.7 Å². The van der Waals surface area contributed by atoms with Crippen molar-refractivity contribution in [3.63, 3.8) is 0 Å². The highest BCUT2D eigenvalue weighted by Gasteiger charge is 2.13. The first kappa shape index (κ1) is 16.0. The lowest BCUT2D eigenvalue weighted by Gasteiger charge is -2.22. The molecule has 0 heterocycles. The predicted octanol–water partition coefficient (Wildman–Crippen LogP) is 2.26. The van der Waals surface area contributed by atoms with Gasteiger partial charge in [-0.1, -0.05) is 13.0 Å². The minimum atomic E-state index is 0.128. The Kier molecular flexibility index (Phi) is 6.84. The number of benzene rings is 1. The Labute approximate surface area is 115 Å². The monoisotopic (exact) mass is 267 g/mol. The van der Waals surface area contributed by atoms with E-state index in [1.54, 1.807) is 14.2 Å². The van der Waals surface area contributed by atoms with Gasteiger partial charge >= 0.3 is 0 Å². The van der Waals surface area contributed by atoms with Crippen LogP contribution in [-0.4, -0.2) is 32.0 Å². The van der Waals surface area contributed by atoms with Crippen molar-refractivity contribution in [2.24, 2.45) is 0 Å². The van der Waals surface area contributed by atoms with Gasteiger partial charge in [0.1, 0.15) is 5.75 Å². The Bertz CT molecular complexity index is 378. The van der Waals surface area contributed by atoms with Gasteiger partial charge in [-0.15, -0.1) is 0 Å². The zero-order valence-electron chi connectivity index (χ0n) is 12.3. The SMILES string of the molecule is CCC(CO)NC(C)c1ccc(OC)c(COC)c1. The molecule has 108 valence electrons. The fourth-order valence-corrected chi connectivity index (χ4v) is 2.09. The third-order valence-corrected chi connectivity index (χ3v) is 3.30. The molecule has 0 spiro atoms. The van der Waals surface area contributed by atoms with E-state index < -0.39 is 0 Å². The number of ether oxygens (including phenoxy) is 2. The molecule has 0 saturated carbocycles. The summed E-state index contributed by atoms with van der Waals surface area (Å²) in [6.07, 6.45) is 0.905. The Hall–Kier alpha value is -1.10. The average Bonchev–Trinajstić information content (AvgIpc) is 2.44. The predicted molar refractivity (Wildman–Crippen MR) is 76.4 cm³/mol. The van der Waals surface area contributed by atoms with Gasteiger partial charge in [0.25, 0.3) is 0 Å². The quantitative estimate of drug-likeness (QED) is 0.758. The van der Waals surface area contributed by atoms with Crippen LogP contribution >= 0.6 is 0 Å². The van der Waals surface area contributed by atoms with Crippen LogP contribution < -0.4 is 10.1 Å². The maximum atomic E-state index is 9.24. The summed E-state index contributed by atoms with van der Waals surface area (Å²) in [4.78, 5) is 0. The van der Waals surface area contributed by atoms with Crippen molar-refractivity contribution in [3.8, 4) is 5.75 Å². The second kappa shape index (κ2) is 8.15. The molecule has 4 heteroatoms. The standard InChI is InChI=1S/C15H25NO3/c1-5-14(9-17)16-11(2)12-6-7-15(19-4)13(8-12)10-18-3/h6-8,11,14,16-17H,5,9-10H2,1-4H3. The van der Waals surface area contributed by atoms with E-state index in [9.17, 15) is 5.11 Å². The molecule has 2 unspecified atom stereocenters. The Morgan fingerprint density at radius 2 is 2.05 bits per heavy atom. The molecule has 0 saturated heterocycles. The van der Waals surface area contributed by atoms with Crippen LogP contribution in [0.3, 0.4) is 0 Å². The van der Waals surface area contributed by atoms with Gasteiger partial charge in [0, 0.05) is 24.8 Å². The lowest BCUT2D eigenvalue weighted by molar-refractivity contribution is 0.181. The number of aliphatic hydroxyl groups is 1. The summed E-state index contributed by atoms with van der Waals surface area (Å²) in [6.45, 7) is 4.84. The molecular weight excluding hydrogens is 242 g/mol. The van der Waals surface area contributed by atoms with Crippen molar-refractivity contribution >= 4 is 0 Å². The lowest BCUT2D eigenvalue weighted by atomic mass is 10.0. The molecule has 0 bridgehead atoms. The third kappa shape index (κ3) is 4.49. The van der Waals surface area contributed by atoms with Crippen molar-refractivity contribution < 1.29 is 14.6 Å². The summed E-state index contributed by atoms with van der Waals surface area (Å²) in [6, 6.07) is 6.40. The van der Waals surface area contributed by atoms with Gasteiger partial charge in [0.05, 0.1) is 20.3 Å². The number of rotatable bonds is 8. The fraction of sp³-hybridized carbons (Fsp3) is 0.600. The van der Waals surface area contributed by atoms with E-state index in [0.29, 0.717) is 6.61 Å². The van der Waals surface area contributed by atoms with Gasteiger partial charge in [-0.25, -0.2) is 0 Å². The molecule has 0 fully saturated rings. The van der Waals surface area contributed by atoms with Gasteiger partial charge < -0.3 is 19.9 Å². The van der Waals surface area contributed by atoms with E-state index in [-0.39, 0.29) is 18.7 Å². The van der Waals surface area contributed by atoms with E-state index >= 15 is 0 Å². The molecule has 1 aromatic carbocycles. The van der Waals surface area contributed by atoms with Crippen LogP contribution in [0.25, 0.3) is 0 Å². The molecule has 0 aromatic heterocycles. The molecule has 1 rings (SSSR count). The average molecular weight is 267 g/mol. The Balaban J connectivity index is 2.85. The molecule has 0 aliphatic carbocycles. The Morgan fingerprint density at radius 3 is 2.58 bits per heavy atom. The molecular formula is C15H25NO3. The summed E-state index contributed by atoms with van der Waals surface area (Å²) >= 11 is 0. The van der Waals surface area contributed by atoms with Crippen LogP contribution in [0.15, 0.2) is 18.2 Å². The first-order valence-electron chi connectivity index (χ1n) is 6.68. The lowest BCUT2D eigenvalue weighted by Crippen LogP contribution is -2.33. The highest BCUT2D eigenvalue weighted by Crippen LogP contribution is 2.24. The molecule has 0 amide bonds. The highest BCUT2D eigenvalue weighted by atomic mass is 16.5. The first-order valence-corrected chi connectivity index (χ1v) is 6.68. The van der Waals surface area contributed by atoms with Crippen molar-refractivity contribution in [2.45, 2.75) is 39.0 Å². The van der Waals surface area contributed by atoms with Crippen LogP contribution in [0.5, 0.6) is 5.75 Å². The maximum Gasteiger partial charge on any atom is 0.124 e. The molecule has 2 atom stereocenters. The van der Waals surface area contributed by atoms with Crippen LogP contribution in [0.1, 0.15) is 37.4 Å². The number of hydrogen-bond donors (Lipinski definition) is 2. The molecule has 0 aliphatic rings. The second-order valence-electron chi connectivity index (χ2n) is 4.68. The van der Waals surface area contributed by atoms with E-state index in [0.717, 1.165) is 17.7 Å². The summed E-state index contributed by atoms with van der Waals surface area (Å²) in [7, 11) is 3.33. The number of methoxy groups -OCH3 is 2. The first-order chi connectivity index (χ1) is 9.15. The molecule has 4 nitrogen and oxygen atoms in total. The van der Waals surface area contributed by atoms with E-state index in [4.69, 9.17) is 9.47 Å². The largest absolute Gasteiger partial charge is 0.496 e. The second-order valence-corrected chi connectivity index (χ2v) is 4.68. The number of hydrogen-bond acceptors (Lipinski definition) is 4. The van der Waals surface area contributed by atoms with Crippen LogP contribution in [-0.2, 0) is 11.3 Å². The molecule has 2 N–H and O–H groups in total. The molecule has 0 radical (unpaired) electrons. The highest BCUT2D eigenvalue weighted by molar-refractivity contribution is 5.38. The Morgan fingerprint density at radius 1 is 1.32 bits per heavy atom. The van der Waals surface area contributed by atoms with Gasteiger partial charge in [-0.3, -0.25) is 0 Å². The maximum absolute atomic E-state index is 9.24. The zero-order chi connectivity index (χ0) is 14.3. The van der Waals surface area contributed by atoms with Crippen molar-refractivity contribution in [1.82, 2.24) is 5.32 Å². The smallest absolute Gasteiger partial charge is 0.124 e. The third-order valence-electron chi connectivity index (χ3n) is 3.30. The number of aliphatic hydroxyl groups excluding tert-OH is 1. The molecule has 19 heavy (non-hydrogen) atoms.